The van der Waals surface area contributed by atoms with E-state index in [1.807, 2.05) is 0 Å². The second kappa shape index (κ2) is 5.09. The van der Waals surface area contributed by atoms with Crippen LogP contribution in [0.5, 0.6) is 0 Å². The Bertz CT molecular complexity index is 256. The lowest BCUT2D eigenvalue weighted by atomic mass is 9.83. The highest BCUT2D eigenvalue weighted by Crippen LogP contribution is 2.28. The van der Waals surface area contributed by atoms with Crippen LogP contribution in [0, 0.1) is 11.8 Å². The first-order valence-corrected chi connectivity index (χ1v) is 6.84. The Kier molecular flexibility index (Phi) is 4.34. The van der Waals surface area contributed by atoms with E-state index in [1.54, 1.807) is 0 Å². The summed E-state index contributed by atoms with van der Waals surface area (Å²) in [4.78, 5) is 0. The summed E-state index contributed by atoms with van der Waals surface area (Å²) in [5.74, 6) is 1.22. The molecule has 0 saturated heterocycles. The van der Waals surface area contributed by atoms with Crippen LogP contribution >= 0.6 is 0 Å². The second-order valence-corrected chi connectivity index (χ2v) is 6.08. The molecule has 0 aromatic rings. The van der Waals surface area contributed by atoms with Crippen molar-refractivity contribution >= 4 is 10.0 Å². The smallest absolute Gasteiger partial charge is 0.211 e. The van der Waals surface area contributed by atoms with Gasteiger partial charge in [0.1, 0.15) is 0 Å². The van der Waals surface area contributed by atoms with Gasteiger partial charge in [-0.25, -0.2) is 13.1 Å². The molecule has 14 heavy (non-hydrogen) atoms. The van der Waals surface area contributed by atoms with E-state index in [4.69, 9.17) is 5.73 Å². The molecule has 0 aliphatic heterocycles. The molecule has 0 aromatic heterocycles. The largest absolute Gasteiger partial charge is 0.330 e. The minimum atomic E-state index is -3.02. The van der Waals surface area contributed by atoms with Gasteiger partial charge in [0.05, 0.1) is 5.75 Å². The summed E-state index contributed by atoms with van der Waals surface area (Å²) in [6.07, 6.45) is 4.17. The predicted octanol–water partition coefficient (Wildman–Crippen LogP) is 0.301. The predicted molar refractivity (Wildman–Crippen MR) is 57.3 cm³/mol. The molecule has 0 aromatic carbocycles. The van der Waals surface area contributed by atoms with Gasteiger partial charge in [-0.05, 0) is 51.1 Å². The molecule has 0 spiro atoms. The van der Waals surface area contributed by atoms with Crippen LogP contribution in [0.4, 0.5) is 0 Å². The highest BCUT2D eigenvalue weighted by molar-refractivity contribution is 7.89. The fraction of sp³-hybridized carbons (Fsp3) is 1.00. The Morgan fingerprint density at radius 1 is 1.21 bits per heavy atom. The zero-order valence-corrected chi connectivity index (χ0v) is 9.52. The monoisotopic (exact) mass is 220 g/mol. The molecule has 1 aliphatic carbocycles. The molecule has 1 fully saturated rings. The van der Waals surface area contributed by atoms with Gasteiger partial charge in [-0.15, -0.1) is 0 Å². The lowest BCUT2D eigenvalue weighted by Gasteiger charge is -2.27. The number of hydrogen-bond donors (Lipinski definition) is 2. The average Bonchev–Trinajstić information content (AvgIpc) is 2.19. The Balaban J connectivity index is 2.36. The maximum absolute atomic E-state index is 11.3. The van der Waals surface area contributed by atoms with Gasteiger partial charge >= 0.3 is 0 Å². The second-order valence-electron chi connectivity index (χ2n) is 4.11. The van der Waals surface area contributed by atoms with Crippen LogP contribution in [0.2, 0.25) is 0 Å². The molecule has 1 aliphatic rings. The lowest BCUT2D eigenvalue weighted by Crippen LogP contribution is -2.30. The molecule has 0 unspecified atom stereocenters. The molecule has 1 saturated carbocycles. The van der Waals surface area contributed by atoms with E-state index in [0.717, 1.165) is 32.2 Å². The first kappa shape index (κ1) is 11.9. The molecule has 0 atom stereocenters. The molecule has 5 heteroatoms. The maximum Gasteiger partial charge on any atom is 0.211 e. The molecule has 3 N–H and O–H groups in total. The van der Waals surface area contributed by atoms with E-state index in [2.05, 4.69) is 4.72 Å². The van der Waals surface area contributed by atoms with Crippen molar-refractivity contribution in [2.75, 3.05) is 19.3 Å². The number of nitrogens with one attached hydrogen (secondary N) is 1. The minimum Gasteiger partial charge on any atom is -0.330 e. The molecule has 1 rings (SSSR count). The molecule has 4 nitrogen and oxygen atoms in total. The van der Waals surface area contributed by atoms with E-state index >= 15 is 0 Å². The highest BCUT2D eigenvalue weighted by atomic mass is 32.2. The van der Waals surface area contributed by atoms with Crippen LogP contribution < -0.4 is 10.5 Å². The van der Waals surface area contributed by atoms with Crippen molar-refractivity contribution in [1.29, 1.82) is 0 Å². The van der Waals surface area contributed by atoms with E-state index in [-0.39, 0.29) is 5.75 Å². The van der Waals surface area contributed by atoms with Crippen molar-refractivity contribution < 1.29 is 8.42 Å². The van der Waals surface area contributed by atoms with Crippen molar-refractivity contribution in [3.63, 3.8) is 0 Å². The summed E-state index contributed by atoms with van der Waals surface area (Å²) in [7, 11) is -1.55. The first-order valence-electron chi connectivity index (χ1n) is 5.18. The van der Waals surface area contributed by atoms with Gasteiger partial charge in [0.15, 0.2) is 0 Å². The fourth-order valence-electron chi connectivity index (χ4n) is 2.03. The molecule has 0 radical (unpaired) electrons. The Labute approximate surface area is 86.3 Å². The standard InChI is InChI=1S/C9H20N2O2S/c1-11-14(12,13)7-9-4-2-8(6-10)3-5-9/h8-9,11H,2-7,10H2,1H3. The van der Waals surface area contributed by atoms with Crippen molar-refractivity contribution in [2.24, 2.45) is 17.6 Å². The number of sulfonamides is 1. The van der Waals surface area contributed by atoms with E-state index in [9.17, 15) is 8.42 Å². The summed E-state index contributed by atoms with van der Waals surface area (Å²) >= 11 is 0. The van der Waals surface area contributed by atoms with Crippen LogP contribution in [-0.4, -0.2) is 27.8 Å². The van der Waals surface area contributed by atoms with Crippen LogP contribution in [0.1, 0.15) is 25.7 Å². The van der Waals surface area contributed by atoms with Crippen LogP contribution in [0.3, 0.4) is 0 Å². The SMILES string of the molecule is CNS(=O)(=O)CC1CCC(CN)CC1. The summed E-state index contributed by atoms with van der Waals surface area (Å²) in [6.45, 7) is 0.742. The van der Waals surface area contributed by atoms with Crippen LogP contribution in [0.25, 0.3) is 0 Å². The third-order valence-corrected chi connectivity index (χ3v) is 4.60. The van der Waals surface area contributed by atoms with Gasteiger partial charge in [-0.1, -0.05) is 0 Å². The fourth-order valence-corrected chi connectivity index (χ4v) is 3.15. The molecule has 0 amide bonds. The summed E-state index contributed by atoms with van der Waals surface area (Å²) in [6, 6.07) is 0. The third-order valence-electron chi connectivity index (χ3n) is 3.07. The van der Waals surface area contributed by atoms with Gasteiger partial charge in [-0.2, -0.15) is 0 Å². The zero-order valence-electron chi connectivity index (χ0n) is 8.70. The first-order chi connectivity index (χ1) is 6.57. The number of nitrogens with two attached hydrogens (primary N) is 1. The Hall–Kier alpha value is -0.130. The van der Waals surface area contributed by atoms with Crippen molar-refractivity contribution in [3.8, 4) is 0 Å². The van der Waals surface area contributed by atoms with E-state index in [0.29, 0.717) is 11.8 Å². The van der Waals surface area contributed by atoms with Crippen molar-refractivity contribution in [1.82, 2.24) is 4.72 Å². The highest BCUT2D eigenvalue weighted by Gasteiger charge is 2.23. The van der Waals surface area contributed by atoms with Crippen molar-refractivity contribution in [2.45, 2.75) is 25.7 Å². The zero-order chi connectivity index (χ0) is 10.6. The van der Waals surface area contributed by atoms with Crippen LogP contribution in [0.15, 0.2) is 0 Å². The Morgan fingerprint density at radius 3 is 2.14 bits per heavy atom. The van der Waals surface area contributed by atoms with Crippen LogP contribution in [-0.2, 0) is 10.0 Å². The molecular weight excluding hydrogens is 200 g/mol. The Morgan fingerprint density at radius 2 is 1.71 bits per heavy atom. The summed E-state index contributed by atoms with van der Waals surface area (Å²) in [5, 5.41) is 0. The van der Waals surface area contributed by atoms with Gasteiger partial charge < -0.3 is 5.73 Å². The molecule has 84 valence electrons. The lowest BCUT2D eigenvalue weighted by molar-refractivity contribution is 0.296. The molecule has 0 bridgehead atoms. The van der Waals surface area contributed by atoms with Gasteiger partial charge in [0, 0.05) is 0 Å². The summed E-state index contributed by atoms with van der Waals surface area (Å²) in [5.41, 5.74) is 5.57. The normalized spacial score (nSPS) is 29.0. The van der Waals surface area contributed by atoms with Gasteiger partial charge in [0.2, 0.25) is 10.0 Å². The molecular formula is C9H20N2O2S. The van der Waals surface area contributed by atoms with Gasteiger partial charge in [-0.3, -0.25) is 0 Å². The van der Waals surface area contributed by atoms with Crippen molar-refractivity contribution in [3.05, 3.63) is 0 Å². The number of rotatable bonds is 4. The third kappa shape index (κ3) is 3.55. The van der Waals surface area contributed by atoms with Gasteiger partial charge in [0.25, 0.3) is 0 Å². The molecule has 0 heterocycles. The quantitative estimate of drug-likeness (QED) is 0.716. The maximum atomic E-state index is 11.3. The van der Waals surface area contributed by atoms with E-state index < -0.39 is 10.0 Å². The number of hydrogen-bond acceptors (Lipinski definition) is 3. The summed E-state index contributed by atoms with van der Waals surface area (Å²) < 4.78 is 24.9. The minimum absolute atomic E-state index is 0.279. The van der Waals surface area contributed by atoms with E-state index in [1.165, 1.54) is 7.05 Å². The average molecular weight is 220 g/mol. The topological polar surface area (TPSA) is 72.2 Å².